The van der Waals surface area contributed by atoms with Crippen LogP contribution in [0.25, 0.3) is 0 Å². The fourth-order valence-corrected chi connectivity index (χ4v) is 1.34. The summed E-state index contributed by atoms with van der Waals surface area (Å²) in [4.78, 5) is 11.5. The first-order valence-electron chi connectivity index (χ1n) is 4.88. The number of carbonyl (C=O) groups excluding carboxylic acids is 1. The number of hydrazine groups is 1. The number of carbonyl (C=O) groups is 1. The van der Waals surface area contributed by atoms with Crippen molar-refractivity contribution in [2.24, 2.45) is 0 Å². The predicted octanol–water partition coefficient (Wildman–Crippen LogP) is 1.80. The van der Waals surface area contributed by atoms with Crippen molar-refractivity contribution in [3.8, 4) is 0 Å². The van der Waals surface area contributed by atoms with Crippen LogP contribution in [0.3, 0.4) is 0 Å². The zero-order valence-electron chi connectivity index (χ0n) is 8.87. The van der Waals surface area contributed by atoms with Crippen molar-refractivity contribution < 1.29 is 4.79 Å². The van der Waals surface area contributed by atoms with Gasteiger partial charge in [-0.15, -0.1) is 0 Å². The van der Waals surface area contributed by atoms with Gasteiger partial charge >= 0.3 is 0 Å². The predicted molar refractivity (Wildman–Crippen MR) is 56.7 cm³/mol. The number of rotatable bonds is 0. The van der Waals surface area contributed by atoms with Gasteiger partial charge in [0, 0.05) is 19.2 Å². The average molecular weight is 192 g/mol. The van der Waals surface area contributed by atoms with Crippen LogP contribution in [-0.2, 0) is 6.54 Å². The second kappa shape index (κ2) is 4.77. The number of benzene rings is 1. The van der Waals surface area contributed by atoms with Crippen molar-refractivity contribution in [2.75, 3.05) is 7.05 Å². The van der Waals surface area contributed by atoms with Gasteiger partial charge in [0.25, 0.3) is 5.91 Å². The second-order valence-corrected chi connectivity index (χ2v) is 2.86. The van der Waals surface area contributed by atoms with Crippen LogP contribution in [0.15, 0.2) is 24.3 Å². The Labute approximate surface area is 84.7 Å². The van der Waals surface area contributed by atoms with Crippen molar-refractivity contribution >= 4 is 5.91 Å². The van der Waals surface area contributed by atoms with E-state index in [1.165, 1.54) is 5.01 Å². The summed E-state index contributed by atoms with van der Waals surface area (Å²) in [6, 6.07) is 7.65. The largest absolute Gasteiger partial charge is 0.277 e. The van der Waals surface area contributed by atoms with Crippen molar-refractivity contribution in [1.82, 2.24) is 10.4 Å². The van der Waals surface area contributed by atoms with Gasteiger partial charge in [0.2, 0.25) is 0 Å². The molecule has 1 heterocycles. The Balaban J connectivity index is 0.000000461. The molecule has 0 atom stereocenters. The molecule has 0 fully saturated rings. The lowest BCUT2D eigenvalue weighted by Crippen LogP contribution is -2.43. The second-order valence-electron chi connectivity index (χ2n) is 2.86. The van der Waals surface area contributed by atoms with Crippen LogP contribution in [0.4, 0.5) is 0 Å². The average Bonchev–Trinajstić information content (AvgIpc) is 2.27. The molecule has 3 heteroatoms. The first kappa shape index (κ1) is 10.7. The number of hydrogen-bond acceptors (Lipinski definition) is 2. The summed E-state index contributed by atoms with van der Waals surface area (Å²) in [6.45, 7) is 4.73. The topological polar surface area (TPSA) is 32.3 Å². The Morgan fingerprint density at radius 3 is 2.64 bits per heavy atom. The van der Waals surface area contributed by atoms with Gasteiger partial charge in [0.05, 0.1) is 0 Å². The van der Waals surface area contributed by atoms with E-state index < -0.39 is 0 Å². The van der Waals surface area contributed by atoms with E-state index in [2.05, 4.69) is 5.43 Å². The normalized spacial score (nSPS) is 14.2. The third kappa shape index (κ3) is 1.93. The molecular weight excluding hydrogens is 176 g/mol. The minimum atomic E-state index is 0.0388. The van der Waals surface area contributed by atoms with Crippen molar-refractivity contribution in [2.45, 2.75) is 20.4 Å². The Morgan fingerprint density at radius 2 is 1.93 bits per heavy atom. The first-order chi connectivity index (χ1) is 6.79. The highest BCUT2D eigenvalue weighted by molar-refractivity contribution is 5.95. The Kier molecular flexibility index (Phi) is 3.65. The van der Waals surface area contributed by atoms with E-state index in [1.54, 1.807) is 7.05 Å². The molecule has 76 valence electrons. The highest BCUT2D eigenvalue weighted by Gasteiger charge is 2.19. The fraction of sp³-hybridized carbons (Fsp3) is 0.364. The number of fused-ring (bicyclic) bond motifs is 1. The smallest absolute Gasteiger partial charge is 0.268 e. The molecule has 2 rings (SSSR count). The molecule has 0 saturated carbocycles. The zero-order valence-corrected chi connectivity index (χ0v) is 8.87. The molecular formula is C11H16N2O. The number of nitrogens with one attached hydrogen (secondary N) is 1. The van der Waals surface area contributed by atoms with Gasteiger partial charge in [-0.3, -0.25) is 9.80 Å². The fourth-order valence-electron chi connectivity index (χ4n) is 1.34. The van der Waals surface area contributed by atoms with Crippen molar-refractivity contribution in [3.05, 3.63) is 35.4 Å². The van der Waals surface area contributed by atoms with Crippen LogP contribution in [0.5, 0.6) is 0 Å². The molecule has 3 nitrogen and oxygen atoms in total. The molecule has 1 N–H and O–H groups in total. The van der Waals surface area contributed by atoms with Crippen LogP contribution >= 0.6 is 0 Å². The summed E-state index contributed by atoms with van der Waals surface area (Å²) in [5, 5.41) is 1.52. The third-order valence-corrected chi connectivity index (χ3v) is 2.06. The summed E-state index contributed by atoms with van der Waals surface area (Å²) >= 11 is 0. The summed E-state index contributed by atoms with van der Waals surface area (Å²) < 4.78 is 0. The van der Waals surface area contributed by atoms with Gasteiger partial charge in [0.1, 0.15) is 0 Å². The molecule has 1 aliphatic rings. The molecule has 0 bridgehead atoms. The summed E-state index contributed by atoms with van der Waals surface area (Å²) in [7, 11) is 1.73. The lowest BCUT2D eigenvalue weighted by atomic mass is 10.1. The molecule has 0 spiro atoms. The van der Waals surface area contributed by atoms with Crippen LogP contribution < -0.4 is 5.43 Å². The van der Waals surface area contributed by atoms with E-state index in [0.717, 1.165) is 17.7 Å². The van der Waals surface area contributed by atoms with E-state index in [9.17, 15) is 4.79 Å². The minimum absolute atomic E-state index is 0.0388. The lowest BCUT2D eigenvalue weighted by molar-refractivity contribution is 0.0686. The SMILES string of the molecule is CC.CN1NCc2ccccc2C1=O. The Bertz CT molecular complexity index is 323. The summed E-state index contributed by atoms with van der Waals surface area (Å²) in [6.07, 6.45) is 0. The number of nitrogens with zero attached hydrogens (tertiary/aromatic N) is 1. The van der Waals surface area contributed by atoms with Gasteiger partial charge in [-0.1, -0.05) is 32.0 Å². The first-order valence-corrected chi connectivity index (χ1v) is 4.88. The molecule has 0 aromatic heterocycles. The molecule has 14 heavy (non-hydrogen) atoms. The van der Waals surface area contributed by atoms with Crippen molar-refractivity contribution in [3.63, 3.8) is 0 Å². The highest BCUT2D eigenvalue weighted by Crippen LogP contribution is 2.13. The van der Waals surface area contributed by atoms with Gasteiger partial charge < -0.3 is 0 Å². The maximum Gasteiger partial charge on any atom is 0.268 e. The minimum Gasteiger partial charge on any atom is -0.277 e. The van der Waals surface area contributed by atoms with Gasteiger partial charge in [-0.05, 0) is 11.6 Å². The molecule has 1 aliphatic heterocycles. The van der Waals surface area contributed by atoms with Crippen molar-refractivity contribution in [1.29, 1.82) is 0 Å². The monoisotopic (exact) mass is 192 g/mol. The van der Waals surface area contributed by atoms with E-state index >= 15 is 0 Å². The molecule has 0 unspecified atom stereocenters. The molecule has 0 aliphatic carbocycles. The lowest BCUT2D eigenvalue weighted by Gasteiger charge is -2.25. The molecule has 0 radical (unpaired) electrons. The number of amides is 1. The van der Waals surface area contributed by atoms with Gasteiger partial charge in [-0.2, -0.15) is 0 Å². The van der Waals surface area contributed by atoms with Crippen LogP contribution in [0.2, 0.25) is 0 Å². The van der Waals surface area contributed by atoms with E-state index in [1.807, 2.05) is 38.1 Å². The maximum absolute atomic E-state index is 11.5. The Hall–Kier alpha value is -1.35. The molecule has 1 aromatic carbocycles. The van der Waals surface area contributed by atoms with E-state index in [0.29, 0.717) is 0 Å². The quantitative estimate of drug-likeness (QED) is 0.679. The van der Waals surface area contributed by atoms with E-state index in [4.69, 9.17) is 0 Å². The molecule has 0 saturated heterocycles. The van der Waals surface area contributed by atoms with Gasteiger partial charge in [0.15, 0.2) is 0 Å². The van der Waals surface area contributed by atoms with E-state index in [-0.39, 0.29) is 5.91 Å². The number of hydrogen-bond donors (Lipinski definition) is 1. The third-order valence-electron chi connectivity index (χ3n) is 2.06. The molecule has 1 aromatic rings. The maximum atomic E-state index is 11.5. The summed E-state index contributed by atoms with van der Waals surface area (Å²) in [5.41, 5.74) is 4.85. The standard InChI is InChI=1S/C9H10N2O.C2H6/c1-11-9(12)8-5-3-2-4-7(8)6-10-11;1-2/h2-5,10H,6H2,1H3;1-2H3. The molecule has 1 amide bonds. The van der Waals surface area contributed by atoms with Crippen LogP contribution in [0.1, 0.15) is 29.8 Å². The highest BCUT2D eigenvalue weighted by atomic mass is 16.2. The Morgan fingerprint density at radius 1 is 1.29 bits per heavy atom. The zero-order chi connectivity index (χ0) is 10.6. The summed E-state index contributed by atoms with van der Waals surface area (Å²) in [5.74, 6) is 0.0388. The van der Waals surface area contributed by atoms with Gasteiger partial charge in [-0.25, -0.2) is 5.43 Å². The van der Waals surface area contributed by atoms with Crippen LogP contribution in [-0.4, -0.2) is 18.0 Å². The van der Waals surface area contributed by atoms with Crippen LogP contribution in [0, 0.1) is 0 Å².